The Morgan fingerprint density at radius 1 is 1.48 bits per heavy atom. The Hall–Kier alpha value is -2.52. The van der Waals surface area contributed by atoms with E-state index in [2.05, 4.69) is 17.0 Å². The van der Waals surface area contributed by atoms with E-state index in [1.165, 1.54) is 0 Å². The summed E-state index contributed by atoms with van der Waals surface area (Å²) in [6, 6.07) is 7.34. The molecule has 0 amide bonds. The third-order valence-electron chi connectivity index (χ3n) is 2.34. The van der Waals surface area contributed by atoms with Gasteiger partial charge in [-0.3, -0.25) is 4.79 Å². The highest BCUT2D eigenvalue weighted by atomic mass is 16.5. The summed E-state index contributed by atoms with van der Waals surface area (Å²) in [5, 5.41) is 10.7. The zero-order valence-electron chi connectivity index (χ0n) is 12.1. The van der Waals surface area contributed by atoms with Crippen molar-refractivity contribution in [1.82, 2.24) is 0 Å². The molecule has 0 aliphatic rings. The molecule has 6 nitrogen and oxygen atoms in total. The first-order chi connectivity index (χ1) is 9.92. The van der Waals surface area contributed by atoms with Gasteiger partial charge in [-0.05, 0) is 25.5 Å². The summed E-state index contributed by atoms with van der Waals surface area (Å²) < 4.78 is 4.83. The number of hydrogen-bond acceptors (Lipinski definition) is 5. The summed E-state index contributed by atoms with van der Waals surface area (Å²) in [6.45, 7) is 3.45. The topological polar surface area (TPSA) is 102 Å². The first-order valence-electron chi connectivity index (χ1n) is 6.26. The van der Waals surface area contributed by atoms with Crippen molar-refractivity contribution >= 4 is 17.6 Å². The minimum Gasteiger partial charge on any atom is -0.480 e. The molecule has 0 aromatic heterocycles. The summed E-state index contributed by atoms with van der Waals surface area (Å²) >= 11 is 0. The number of aryl methyl sites for hydroxylation is 1. The van der Waals surface area contributed by atoms with Gasteiger partial charge in [0.05, 0.1) is 6.54 Å². The lowest BCUT2D eigenvalue weighted by molar-refractivity contribution is -0.142. The van der Waals surface area contributed by atoms with Crippen LogP contribution in [-0.4, -0.2) is 36.2 Å². The Labute approximate surface area is 124 Å². The number of esters is 1. The van der Waals surface area contributed by atoms with E-state index in [1.54, 1.807) is 6.92 Å². The maximum absolute atomic E-state index is 11.4. The predicted molar refractivity (Wildman–Crippen MR) is 80.7 cm³/mol. The van der Waals surface area contributed by atoms with Gasteiger partial charge in [0.2, 0.25) is 0 Å². The van der Waals surface area contributed by atoms with Crippen molar-refractivity contribution in [2.45, 2.75) is 19.9 Å². The van der Waals surface area contributed by atoms with E-state index in [-0.39, 0.29) is 19.1 Å². The van der Waals surface area contributed by atoms with Gasteiger partial charge in [0.1, 0.15) is 6.04 Å². The van der Waals surface area contributed by atoms with E-state index < -0.39 is 12.0 Å². The van der Waals surface area contributed by atoms with Gasteiger partial charge in [0, 0.05) is 5.69 Å². The van der Waals surface area contributed by atoms with E-state index in [0.29, 0.717) is 0 Å². The molecule has 0 aliphatic heterocycles. The number of para-hydroxylation sites is 1. The number of hydrogen-bond donors (Lipinski definition) is 3. The highest BCUT2D eigenvalue weighted by Gasteiger charge is 2.14. The molecule has 114 valence electrons. The Balaban J connectivity index is 0.000000690. The number of rotatable bonds is 5. The fourth-order valence-electron chi connectivity index (χ4n) is 1.26. The highest BCUT2D eigenvalue weighted by molar-refractivity contribution is 5.79. The molecular formula is C15H20N2O4. The predicted octanol–water partition coefficient (Wildman–Crippen LogP) is 1.00. The number of terminal acetylenes is 1. The van der Waals surface area contributed by atoms with Crippen LogP contribution in [0.2, 0.25) is 0 Å². The van der Waals surface area contributed by atoms with Gasteiger partial charge in [-0.1, -0.05) is 24.1 Å². The lowest BCUT2D eigenvalue weighted by Crippen LogP contribution is -2.28. The van der Waals surface area contributed by atoms with Crippen LogP contribution in [0.25, 0.3) is 0 Å². The summed E-state index contributed by atoms with van der Waals surface area (Å²) in [4.78, 5) is 20.7. The summed E-state index contributed by atoms with van der Waals surface area (Å²) in [6.07, 6.45) is 5.01. The maximum Gasteiger partial charge on any atom is 0.329 e. The molecule has 0 radical (unpaired) electrons. The first-order valence-corrected chi connectivity index (χ1v) is 6.26. The van der Waals surface area contributed by atoms with E-state index in [1.807, 2.05) is 31.2 Å². The molecule has 0 spiro atoms. The lowest BCUT2D eigenvalue weighted by Gasteiger charge is -2.15. The molecule has 0 saturated carbocycles. The average molecular weight is 292 g/mol. The van der Waals surface area contributed by atoms with Gasteiger partial charge in [-0.15, -0.1) is 6.42 Å². The average Bonchev–Trinajstić information content (AvgIpc) is 2.47. The number of anilines is 1. The Bertz CT molecular complexity index is 509. The molecule has 0 fully saturated rings. The fourth-order valence-corrected chi connectivity index (χ4v) is 1.26. The second kappa shape index (κ2) is 10.3. The molecule has 6 heteroatoms. The van der Waals surface area contributed by atoms with Gasteiger partial charge >= 0.3 is 11.9 Å². The number of carbonyl (C=O) groups is 2. The Kier molecular flexibility index (Phi) is 9.05. The molecule has 0 saturated heterocycles. The lowest BCUT2D eigenvalue weighted by atomic mass is 10.2. The van der Waals surface area contributed by atoms with Crippen LogP contribution in [0, 0.1) is 19.3 Å². The number of aliphatic carboxylic acids is 1. The van der Waals surface area contributed by atoms with Crippen LogP contribution in [0.5, 0.6) is 0 Å². The summed E-state index contributed by atoms with van der Waals surface area (Å²) in [7, 11) is 0. The Morgan fingerprint density at radius 3 is 2.52 bits per heavy atom. The third-order valence-corrected chi connectivity index (χ3v) is 2.34. The first kappa shape index (κ1) is 18.5. The number of benzene rings is 1. The van der Waals surface area contributed by atoms with Crippen molar-refractivity contribution in [2.24, 2.45) is 5.73 Å². The maximum atomic E-state index is 11.4. The number of carboxylic acid groups (broad SMARTS) is 1. The van der Waals surface area contributed by atoms with Gasteiger partial charge in [-0.25, -0.2) is 4.79 Å². The fraction of sp³-hybridized carbons (Fsp3) is 0.333. The number of nitrogens with two attached hydrogens (primary N) is 1. The van der Waals surface area contributed by atoms with Gasteiger partial charge in [0.25, 0.3) is 0 Å². The number of ether oxygens (including phenoxy) is 1. The van der Waals surface area contributed by atoms with Crippen LogP contribution in [0.4, 0.5) is 5.69 Å². The minimum atomic E-state index is -0.968. The van der Waals surface area contributed by atoms with Crippen LogP contribution >= 0.6 is 0 Å². The monoisotopic (exact) mass is 292 g/mol. The smallest absolute Gasteiger partial charge is 0.329 e. The molecule has 21 heavy (non-hydrogen) atoms. The largest absolute Gasteiger partial charge is 0.480 e. The summed E-state index contributed by atoms with van der Waals surface area (Å²) in [5.74, 6) is 0.944. The van der Waals surface area contributed by atoms with Crippen molar-refractivity contribution in [3.63, 3.8) is 0 Å². The van der Waals surface area contributed by atoms with Crippen LogP contribution in [0.3, 0.4) is 0 Å². The number of nitrogens with one attached hydrogen (secondary N) is 1. The molecule has 0 unspecified atom stereocenters. The van der Waals surface area contributed by atoms with E-state index >= 15 is 0 Å². The zero-order chi connectivity index (χ0) is 16.3. The second-order valence-electron chi connectivity index (χ2n) is 4.09. The van der Waals surface area contributed by atoms with Gasteiger partial charge in [0.15, 0.2) is 6.61 Å². The molecule has 1 atom stereocenters. The minimum absolute atomic E-state index is 0.0125. The van der Waals surface area contributed by atoms with Crippen LogP contribution in [0.15, 0.2) is 24.3 Å². The Morgan fingerprint density at radius 2 is 2.05 bits per heavy atom. The number of carbonyl (C=O) groups excluding carboxylic acids is 1. The van der Waals surface area contributed by atoms with E-state index in [9.17, 15) is 9.59 Å². The molecule has 0 heterocycles. The highest BCUT2D eigenvalue weighted by Crippen LogP contribution is 2.14. The van der Waals surface area contributed by atoms with Gasteiger partial charge < -0.3 is 20.9 Å². The third kappa shape index (κ3) is 8.29. The molecule has 1 aromatic carbocycles. The molecule has 0 bridgehead atoms. The molecule has 1 aromatic rings. The van der Waals surface area contributed by atoms with E-state index in [4.69, 9.17) is 16.3 Å². The molecule has 1 rings (SSSR count). The standard InChI is InChI=1S/C13H15NO2.C2H5NO2/c1-4-9-16-13(15)11(3)14-12-8-6-5-7-10(12)2;3-1-2(4)5/h1,5-8,11,14H,9H2,2-3H3;1,3H2,(H,4,5)/t11-;/m0./s1. The van der Waals surface area contributed by atoms with E-state index in [0.717, 1.165) is 11.3 Å². The van der Waals surface area contributed by atoms with Crippen molar-refractivity contribution in [3.05, 3.63) is 29.8 Å². The van der Waals surface area contributed by atoms with Crippen LogP contribution < -0.4 is 11.1 Å². The number of carboxylic acids is 1. The molecule has 4 N–H and O–H groups in total. The van der Waals surface area contributed by atoms with Crippen molar-refractivity contribution in [1.29, 1.82) is 0 Å². The van der Waals surface area contributed by atoms with Crippen molar-refractivity contribution in [2.75, 3.05) is 18.5 Å². The normalized spacial score (nSPS) is 10.4. The second-order valence-corrected chi connectivity index (χ2v) is 4.09. The van der Waals surface area contributed by atoms with Gasteiger partial charge in [-0.2, -0.15) is 0 Å². The summed E-state index contributed by atoms with van der Waals surface area (Å²) in [5.41, 5.74) is 6.58. The molecule has 0 aliphatic carbocycles. The van der Waals surface area contributed by atoms with Crippen molar-refractivity contribution < 1.29 is 19.4 Å². The van der Waals surface area contributed by atoms with Crippen molar-refractivity contribution in [3.8, 4) is 12.3 Å². The van der Waals surface area contributed by atoms with Crippen LogP contribution in [0.1, 0.15) is 12.5 Å². The quantitative estimate of drug-likeness (QED) is 0.553. The SMILES string of the molecule is C#CCOC(=O)[C@H](C)Nc1ccccc1C.NCC(=O)O. The molecular weight excluding hydrogens is 272 g/mol. The van der Waals surface area contributed by atoms with Crippen LogP contribution in [-0.2, 0) is 14.3 Å². The zero-order valence-corrected chi connectivity index (χ0v) is 12.1.